The first-order chi connectivity index (χ1) is 7.43. The van der Waals surface area contributed by atoms with Gasteiger partial charge in [-0.05, 0) is 6.42 Å². The van der Waals surface area contributed by atoms with E-state index >= 15 is 0 Å². The van der Waals surface area contributed by atoms with Gasteiger partial charge in [-0.3, -0.25) is 9.52 Å². The monoisotopic (exact) mass is 248 g/mol. The molecule has 1 heterocycles. The summed E-state index contributed by atoms with van der Waals surface area (Å²) in [5.74, 6) is -0.0163. The van der Waals surface area contributed by atoms with E-state index in [2.05, 4.69) is 9.94 Å². The van der Waals surface area contributed by atoms with Crippen molar-refractivity contribution in [2.24, 2.45) is 0 Å². The first-order valence-corrected chi connectivity index (χ1v) is 6.23. The van der Waals surface area contributed by atoms with Crippen LogP contribution in [0.25, 0.3) is 0 Å². The maximum absolute atomic E-state index is 11.9. The van der Waals surface area contributed by atoms with Gasteiger partial charge in [-0.15, -0.1) is 0 Å². The lowest BCUT2D eigenvalue weighted by Crippen LogP contribution is -2.26. The fourth-order valence-corrected chi connectivity index (χ4v) is 2.23. The normalized spacial score (nSPS) is 12.2. The van der Waals surface area contributed by atoms with Crippen molar-refractivity contribution in [2.75, 3.05) is 19.9 Å². The molecule has 0 aliphatic rings. The summed E-state index contributed by atoms with van der Waals surface area (Å²) < 4.78 is 26.0. The molecule has 0 fully saturated rings. The minimum atomic E-state index is -3.71. The lowest BCUT2D eigenvalue weighted by molar-refractivity contribution is -0.0258. The predicted octanol–water partition coefficient (Wildman–Crippen LogP) is 0.0572. The zero-order valence-electron chi connectivity index (χ0n) is 9.54. The van der Waals surface area contributed by atoms with Crippen LogP contribution in [0.3, 0.4) is 0 Å². The third-order valence-corrected chi connectivity index (χ3v) is 3.78. The van der Waals surface area contributed by atoms with Crippen molar-refractivity contribution in [1.82, 2.24) is 14.2 Å². The zero-order valence-corrected chi connectivity index (χ0v) is 10.4. The number of hydroxylamine groups is 1. The van der Waals surface area contributed by atoms with Gasteiger partial charge in [0.05, 0.1) is 7.11 Å². The Morgan fingerprint density at radius 1 is 1.62 bits per heavy atom. The van der Waals surface area contributed by atoms with E-state index in [0.29, 0.717) is 6.54 Å². The van der Waals surface area contributed by atoms with Crippen LogP contribution in [0.4, 0.5) is 5.82 Å². The molecule has 92 valence electrons. The Kier molecular flexibility index (Phi) is 3.89. The summed E-state index contributed by atoms with van der Waals surface area (Å²) in [5.41, 5.74) is 5.56. The average molecular weight is 248 g/mol. The van der Waals surface area contributed by atoms with Gasteiger partial charge in [-0.25, -0.2) is 8.42 Å². The van der Waals surface area contributed by atoms with Crippen molar-refractivity contribution in [3.8, 4) is 0 Å². The third-order valence-electron chi connectivity index (χ3n) is 2.08. The number of anilines is 1. The molecule has 8 heteroatoms. The van der Waals surface area contributed by atoms with E-state index in [-0.39, 0.29) is 10.7 Å². The van der Waals surface area contributed by atoms with Gasteiger partial charge in [0.15, 0.2) is 5.82 Å². The first kappa shape index (κ1) is 12.9. The van der Waals surface area contributed by atoms with Gasteiger partial charge in [0.25, 0.3) is 10.0 Å². The molecule has 0 aliphatic carbocycles. The highest BCUT2D eigenvalue weighted by Gasteiger charge is 2.26. The molecule has 0 unspecified atom stereocenters. The van der Waals surface area contributed by atoms with E-state index < -0.39 is 10.0 Å². The molecule has 7 nitrogen and oxygen atoms in total. The predicted molar refractivity (Wildman–Crippen MR) is 58.9 cm³/mol. The Morgan fingerprint density at radius 2 is 2.25 bits per heavy atom. The van der Waals surface area contributed by atoms with Crippen molar-refractivity contribution < 1.29 is 13.3 Å². The van der Waals surface area contributed by atoms with Gasteiger partial charge in [-0.1, -0.05) is 11.4 Å². The summed E-state index contributed by atoms with van der Waals surface area (Å²) in [4.78, 5) is 4.61. The van der Waals surface area contributed by atoms with Crippen LogP contribution in [-0.4, -0.2) is 36.8 Å². The molecule has 0 saturated heterocycles. The molecule has 0 amide bonds. The molecular formula is C8H16N4O3S. The van der Waals surface area contributed by atoms with Gasteiger partial charge < -0.3 is 5.73 Å². The molecule has 0 radical (unpaired) electrons. The lowest BCUT2D eigenvalue weighted by Gasteiger charge is -2.12. The minimum absolute atomic E-state index is 0.0163. The molecule has 0 aliphatic heterocycles. The number of nitrogens with zero attached hydrogens (tertiary/aromatic N) is 3. The van der Waals surface area contributed by atoms with E-state index in [1.54, 1.807) is 0 Å². The van der Waals surface area contributed by atoms with Crippen molar-refractivity contribution in [1.29, 1.82) is 0 Å². The number of aromatic nitrogens is 2. The highest BCUT2D eigenvalue weighted by atomic mass is 32.2. The summed E-state index contributed by atoms with van der Waals surface area (Å²) in [6.07, 6.45) is 2.25. The maximum Gasteiger partial charge on any atom is 0.269 e. The molecule has 0 bridgehead atoms. The highest BCUT2D eigenvalue weighted by molar-refractivity contribution is 7.89. The number of nitrogen functional groups attached to an aromatic ring is 1. The van der Waals surface area contributed by atoms with Gasteiger partial charge in [0, 0.05) is 19.8 Å². The molecule has 1 aromatic rings. The van der Waals surface area contributed by atoms with Crippen LogP contribution < -0.4 is 5.73 Å². The van der Waals surface area contributed by atoms with E-state index in [1.807, 2.05) is 6.92 Å². The van der Waals surface area contributed by atoms with E-state index in [9.17, 15) is 8.42 Å². The van der Waals surface area contributed by atoms with Crippen molar-refractivity contribution in [2.45, 2.75) is 24.8 Å². The molecule has 0 atom stereocenters. The topological polar surface area (TPSA) is 90.5 Å². The third kappa shape index (κ3) is 2.34. The van der Waals surface area contributed by atoms with E-state index in [4.69, 9.17) is 5.73 Å². The second-order valence-corrected chi connectivity index (χ2v) is 5.14. The number of rotatable bonds is 5. The number of sulfonamides is 1. The molecule has 0 spiro atoms. The lowest BCUT2D eigenvalue weighted by atomic mass is 10.5. The molecule has 1 rings (SSSR count). The fraction of sp³-hybridized carbons (Fsp3) is 0.625. The Balaban J connectivity index is 3.13. The van der Waals surface area contributed by atoms with Crippen LogP contribution >= 0.6 is 0 Å². The molecule has 1 aromatic heterocycles. The second-order valence-electron chi connectivity index (χ2n) is 3.24. The summed E-state index contributed by atoms with van der Waals surface area (Å²) in [7, 11) is -1.15. The number of aryl methyl sites for hydroxylation is 1. The quantitative estimate of drug-likeness (QED) is 0.744. The van der Waals surface area contributed by atoms with Gasteiger partial charge >= 0.3 is 0 Å². The molecule has 16 heavy (non-hydrogen) atoms. The number of hydrogen-bond acceptors (Lipinski definition) is 5. The van der Waals surface area contributed by atoms with Crippen LogP contribution in [0.1, 0.15) is 13.3 Å². The minimum Gasteiger partial charge on any atom is -0.381 e. The van der Waals surface area contributed by atoms with E-state index in [0.717, 1.165) is 10.9 Å². The van der Waals surface area contributed by atoms with Gasteiger partial charge in [-0.2, -0.15) is 5.10 Å². The van der Waals surface area contributed by atoms with Crippen LogP contribution in [0.5, 0.6) is 0 Å². The molecule has 0 aromatic carbocycles. The smallest absolute Gasteiger partial charge is 0.269 e. The van der Waals surface area contributed by atoms with Gasteiger partial charge in [0.2, 0.25) is 0 Å². The Labute approximate surface area is 94.8 Å². The largest absolute Gasteiger partial charge is 0.381 e. The Bertz CT molecular complexity index is 454. The van der Waals surface area contributed by atoms with Crippen molar-refractivity contribution in [3.63, 3.8) is 0 Å². The van der Waals surface area contributed by atoms with Crippen LogP contribution in [-0.2, 0) is 21.4 Å². The zero-order chi connectivity index (χ0) is 12.3. The summed E-state index contributed by atoms with van der Waals surface area (Å²) in [6.45, 7) is 2.59. The van der Waals surface area contributed by atoms with Crippen molar-refractivity contribution in [3.05, 3.63) is 6.20 Å². The fourth-order valence-electron chi connectivity index (χ4n) is 1.20. The summed E-state index contributed by atoms with van der Waals surface area (Å²) >= 11 is 0. The van der Waals surface area contributed by atoms with Gasteiger partial charge in [0.1, 0.15) is 4.90 Å². The Morgan fingerprint density at radius 3 is 2.75 bits per heavy atom. The van der Waals surface area contributed by atoms with Crippen LogP contribution in [0.2, 0.25) is 0 Å². The van der Waals surface area contributed by atoms with Crippen LogP contribution in [0, 0.1) is 0 Å². The SMILES string of the molecule is CCCn1cc(S(=O)(=O)N(C)OC)c(N)n1. The summed E-state index contributed by atoms with van der Waals surface area (Å²) in [6, 6.07) is 0. The molecule has 0 saturated carbocycles. The number of hydrogen-bond donors (Lipinski definition) is 1. The maximum atomic E-state index is 11.9. The summed E-state index contributed by atoms with van der Waals surface area (Å²) in [5, 5.41) is 3.92. The van der Waals surface area contributed by atoms with Crippen molar-refractivity contribution >= 4 is 15.8 Å². The average Bonchev–Trinajstić information content (AvgIpc) is 2.59. The molecule has 2 N–H and O–H groups in total. The molecular weight excluding hydrogens is 232 g/mol. The first-order valence-electron chi connectivity index (χ1n) is 4.79. The number of nitrogens with two attached hydrogens (primary N) is 1. The van der Waals surface area contributed by atoms with Crippen LogP contribution in [0.15, 0.2) is 11.1 Å². The highest BCUT2D eigenvalue weighted by Crippen LogP contribution is 2.20. The Hall–Kier alpha value is -1.12. The van der Waals surface area contributed by atoms with E-state index in [1.165, 1.54) is 25.0 Å². The second kappa shape index (κ2) is 4.81. The standard InChI is InChI=1S/C8H16N4O3S/c1-4-5-12-6-7(8(9)10-12)16(13,14)11(2)15-3/h6H,4-5H2,1-3H3,(H2,9,10).